The number of fused-ring (bicyclic) bond motifs is 3. The fourth-order valence-electron chi connectivity index (χ4n) is 8.54. The van der Waals surface area contributed by atoms with Gasteiger partial charge in [0.2, 0.25) is 0 Å². The molecule has 0 unspecified atom stereocenters. The second-order valence-corrected chi connectivity index (χ2v) is 15.4. The standard InChI is InChI=1S/C58H39N3/c1-3-14-43(15-4-1)55-38-49(39-56(60-55)44-16-5-2-6-17-44)42-30-28-40(29-31-42)45-18-11-20-47(36-45)53-24-13-25-54(59-53)48-21-12-19-46(37-48)41-32-34-50(35-33-41)61-57-26-9-7-22-51(57)52-23-8-10-27-58(52)61/h1-39H. The van der Waals surface area contributed by atoms with Gasteiger partial charge in [-0.1, -0.05) is 176 Å². The van der Waals surface area contributed by atoms with Crippen LogP contribution < -0.4 is 0 Å². The van der Waals surface area contributed by atoms with Crippen LogP contribution in [-0.4, -0.2) is 14.5 Å². The predicted molar refractivity (Wildman–Crippen MR) is 254 cm³/mol. The average Bonchev–Trinajstić information content (AvgIpc) is 3.69. The molecule has 0 spiro atoms. The van der Waals surface area contributed by atoms with Crippen molar-refractivity contribution in [2.75, 3.05) is 0 Å². The Bertz CT molecular complexity index is 3220. The highest BCUT2D eigenvalue weighted by molar-refractivity contribution is 6.09. The van der Waals surface area contributed by atoms with E-state index in [0.717, 1.165) is 78.5 Å². The van der Waals surface area contributed by atoms with Gasteiger partial charge in [-0.05, 0) is 94.0 Å². The highest BCUT2D eigenvalue weighted by Gasteiger charge is 2.13. The maximum Gasteiger partial charge on any atom is 0.0715 e. The van der Waals surface area contributed by atoms with Crippen LogP contribution in [0.15, 0.2) is 237 Å². The molecule has 8 aromatic carbocycles. The van der Waals surface area contributed by atoms with Crippen LogP contribution in [0, 0.1) is 0 Å². The molecule has 0 fully saturated rings. The summed E-state index contributed by atoms with van der Waals surface area (Å²) in [4.78, 5) is 10.3. The summed E-state index contributed by atoms with van der Waals surface area (Å²) in [6.07, 6.45) is 0. The Labute approximate surface area is 355 Å². The number of hydrogen-bond donors (Lipinski definition) is 0. The molecule has 0 saturated heterocycles. The smallest absolute Gasteiger partial charge is 0.0715 e. The molecule has 61 heavy (non-hydrogen) atoms. The molecule has 286 valence electrons. The number of aromatic nitrogens is 3. The molecule has 0 amide bonds. The molecule has 3 aromatic heterocycles. The van der Waals surface area contributed by atoms with Crippen molar-refractivity contribution in [3.8, 4) is 84.1 Å². The Hall–Kier alpha value is -8.14. The number of hydrogen-bond acceptors (Lipinski definition) is 2. The van der Waals surface area contributed by atoms with E-state index in [1.165, 1.54) is 27.4 Å². The topological polar surface area (TPSA) is 30.7 Å². The lowest BCUT2D eigenvalue weighted by molar-refractivity contribution is 1.18. The van der Waals surface area contributed by atoms with Crippen molar-refractivity contribution in [1.82, 2.24) is 14.5 Å². The van der Waals surface area contributed by atoms with E-state index in [1.54, 1.807) is 0 Å². The van der Waals surface area contributed by atoms with Crippen molar-refractivity contribution in [3.05, 3.63) is 237 Å². The van der Waals surface area contributed by atoms with Crippen LogP contribution in [0.3, 0.4) is 0 Å². The molecule has 0 radical (unpaired) electrons. The summed E-state index contributed by atoms with van der Waals surface area (Å²) >= 11 is 0. The molecule has 0 aliphatic carbocycles. The normalized spacial score (nSPS) is 11.3. The van der Waals surface area contributed by atoms with Crippen LogP contribution in [0.4, 0.5) is 0 Å². The number of nitrogens with zero attached hydrogens (tertiary/aromatic N) is 3. The number of pyridine rings is 2. The third-order valence-electron chi connectivity index (χ3n) is 11.6. The Kier molecular flexibility index (Phi) is 9.18. The van der Waals surface area contributed by atoms with Crippen molar-refractivity contribution >= 4 is 21.8 Å². The average molecular weight is 778 g/mol. The second-order valence-electron chi connectivity index (χ2n) is 15.4. The van der Waals surface area contributed by atoms with Crippen LogP contribution >= 0.6 is 0 Å². The summed E-state index contributed by atoms with van der Waals surface area (Å²) in [6.45, 7) is 0. The zero-order valence-corrected chi connectivity index (χ0v) is 33.4. The largest absolute Gasteiger partial charge is 0.309 e. The fraction of sp³-hybridized carbons (Fsp3) is 0. The van der Waals surface area contributed by atoms with E-state index >= 15 is 0 Å². The molecule has 3 nitrogen and oxygen atoms in total. The molecule has 11 aromatic rings. The predicted octanol–water partition coefficient (Wildman–Crippen LogP) is 15.2. The number of benzene rings is 8. The molecule has 0 N–H and O–H groups in total. The van der Waals surface area contributed by atoms with E-state index in [1.807, 2.05) is 12.1 Å². The zero-order chi connectivity index (χ0) is 40.5. The summed E-state index contributed by atoms with van der Waals surface area (Å²) in [5.41, 5.74) is 18.6. The molecule has 3 heterocycles. The molecule has 0 atom stereocenters. The molecule has 0 aliphatic rings. The van der Waals surface area contributed by atoms with Crippen molar-refractivity contribution in [1.29, 1.82) is 0 Å². The maximum atomic E-state index is 5.20. The van der Waals surface area contributed by atoms with Crippen LogP contribution in [0.2, 0.25) is 0 Å². The molecule has 0 bridgehead atoms. The van der Waals surface area contributed by atoms with Gasteiger partial charge in [0.1, 0.15) is 0 Å². The van der Waals surface area contributed by atoms with E-state index in [9.17, 15) is 0 Å². The molecule has 11 rings (SSSR count). The van der Waals surface area contributed by atoms with Crippen LogP contribution in [-0.2, 0) is 0 Å². The van der Waals surface area contributed by atoms with Gasteiger partial charge in [-0.15, -0.1) is 0 Å². The van der Waals surface area contributed by atoms with Crippen molar-refractivity contribution in [3.63, 3.8) is 0 Å². The van der Waals surface area contributed by atoms with E-state index in [2.05, 4.69) is 229 Å². The Balaban J connectivity index is 0.861. The summed E-state index contributed by atoms with van der Waals surface area (Å²) < 4.78 is 2.36. The highest BCUT2D eigenvalue weighted by Crippen LogP contribution is 2.35. The van der Waals surface area contributed by atoms with Crippen LogP contribution in [0.5, 0.6) is 0 Å². The van der Waals surface area contributed by atoms with E-state index in [-0.39, 0.29) is 0 Å². The van der Waals surface area contributed by atoms with Gasteiger partial charge in [0.15, 0.2) is 0 Å². The first-order chi connectivity index (χ1) is 30.2. The highest BCUT2D eigenvalue weighted by atomic mass is 15.0. The molecular weight excluding hydrogens is 739 g/mol. The van der Waals surface area contributed by atoms with Gasteiger partial charge in [-0.2, -0.15) is 0 Å². The van der Waals surface area contributed by atoms with Gasteiger partial charge in [0.25, 0.3) is 0 Å². The summed E-state index contributed by atoms with van der Waals surface area (Å²) in [5, 5.41) is 2.53. The first-order valence-corrected chi connectivity index (χ1v) is 20.7. The minimum Gasteiger partial charge on any atom is -0.309 e. The van der Waals surface area contributed by atoms with Gasteiger partial charge in [-0.3, -0.25) is 0 Å². The third-order valence-corrected chi connectivity index (χ3v) is 11.6. The van der Waals surface area contributed by atoms with Crippen molar-refractivity contribution in [2.24, 2.45) is 0 Å². The Morgan fingerprint density at radius 1 is 0.230 bits per heavy atom. The lowest BCUT2D eigenvalue weighted by Crippen LogP contribution is -1.93. The summed E-state index contributed by atoms with van der Waals surface area (Å²) in [6, 6.07) is 83.9. The number of rotatable bonds is 8. The van der Waals surface area contributed by atoms with Crippen molar-refractivity contribution in [2.45, 2.75) is 0 Å². The third kappa shape index (κ3) is 6.98. The summed E-state index contributed by atoms with van der Waals surface area (Å²) in [7, 11) is 0. The number of para-hydroxylation sites is 2. The molecule has 3 heteroatoms. The van der Waals surface area contributed by atoms with Crippen molar-refractivity contribution < 1.29 is 0 Å². The van der Waals surface area contributed by atoms with Gasteiger partial charge < -0.3 is 4.57 Å². The van der Waals surface area contributed by atoms with Crippen LogP contribution in [0.25, 0.3) is 106 Å². The minimum absolute atomic E-state index is 0.940. The summed E-state index contributed by atoms with van der Waals surface area (Å²) in [5.74, 6) is 0. The first kappa shape index (κ1) is 36.0. The Morgan fingerprint density at radius 3 is 1.11 bits per heavy atom. The van der Waals surface area contributed by atoms with E-state index in [0.29, 0.717) is 0 Å². The zero-order valence-electron chi connectivity index (χ0n) is 33.4. The van der Waals surface area contributed by atoms with E-state index < -0.39 is 0 Å². The maximum absolute atomic E-state index is 5.20. The van der Waals surface area contributed by atoms with E-state index in [4.69, 9.17) is 9.97 Å². The monoisotopic (exact) mass is 777 g/mol. The van der Waals surface area contributed by atoms with Gasteiger partial charge in [0, 0.05) is 38.7 Å². The van der Waals surface area contributed by atoms with Gasteiger partial charge in [-0.25, -0.2) is 9.97 Å². The Morgan fingerprint density at radius 2 is 0.607 bits per heavy atom. The second kappa shape index (κ2) is 15.6. The molecule has 0 saturated carbocycles. The lowest BCUT2D eigenvalue weighted by atomic mass is 9.96. The fourth-order valence-corrected chi connectivity index (χ4v) is 8.54. The van der Waals surface area contributed by atoms with Gasteiger partial charge in [0.05, 0.1) is 33.8 Å². The first-order valence-electron chi connectivity index (χ1n) is 20.7. The molecule has 0 aliphatic heterocycles. The van der Waals surface area contributed by atoms with Gasteiger partial charge >= 0.3 is 0 Å². The minimum atomic E-state index is 0.940. The quantitative estimate of drug-likeness (QED) is 0.154. The molecular formula is C58H39N3. The SMILES string of the molecule is c1ccc(-c2cc(-c3ccc(-c4cccc(-c5cccc(-c6cccc(-c7ccc(-n8c9ccccc9c9ccccc98)cc7)c6)n5)c4)cc3)cc(-c3ccccc3)n2)cc1. The lowest BCUT2D eigenvalue weighted by Gasteiger charge is -2.12. The van der Waals surface area contributed by atoms with Crippen LogP contribution in [0.1, 0.15) is 0 Å².